The number of carbonyl (C=O) groups excluding carboxylic acids is 1. The molecule has 18 heteroatoms. The zero-order valence-corrected chi connectivity index (χ0v) is 41.0. The van der Waals surface area contributed by atoms with Crippen LogP contribution in [-0.4, -0.2) is 84.1 Å². The predicted molar refractivity (Wildman–Crippen MR) is 269 cm³/mol. The summed E-state index contributed by atoms with van der Waals surface area (Å²) in [5.41, 5.74) is 5.18. The van der Waals surface area contributed by atoms with Gasteiger partial charge in [0.2, 0.25) is 0 Å². The van der Waals surface area contributed by atoms with Gasteiger partial charge in [0, 0.05) is 79.1 Å². The van der Waals surface area contributed by atoms with Gasteiger partial charge in [-0.25, -0.2) is 26.9 Å². The number of nitrogens with one attached hydrogen (secondary N) is 3. The van der Waals surface area contributed by atoms with E-state index in [4.69, 9.17) is 4.74 Å². The van der Waals surface area contributed by atoms with Crippen LogP contribution >= 0.6 is 11.3 Å². The van der Waals surface area contributed by atoms with Crippen LogP contribution in [0.25, 0.3) is 27.7 Å². The largest absolute Gasteiger partial charge is 0.455 e. The number of benzene rings is 3. The van der Waals surface area contributed by atoms with Crippen molar-refractivity contribution in [2.24, 2.45) is 11.3 Å². The Bertz CT molecular complexity index is 3040. The number of fused-ring (bicyclic) bond motifs is 1. The summed E-state index contributed by atoms with van der Waals surface area (Å²) >= 11 is 1.70. The number of piperazine rings is 1. The molecule has 0 bridgehead atoms. The molecule has 2 fully saturated rings. The summed E-state index contributed by atoms with van der Waals surface area (Å²) < 4.78 is 62.5. The van der Waals surface area contributed by atoms with E-state index in [9.17, 15) is 37.2 Å². The maximum atomic E-state index is 14.0. The van der Waals surface area contributed by atoms with Crippen LogP contribution in [0, 0.1) is 21.4 Å². The van der Waals surface area contributed by atoms with Gasteiger partial charge in [-0.1, -0.05) is 43.7 Å². The number of nitro benzene ring substituents is 1. The minimum absolute atomic E-state index is 0.0103. The van der Waals surface area contributed by atoms with Crippen molar-refractivity contribution in [3.8, 4) is 22.6 Å². The number of halogens is 2. The fourth-order valence-electron chi connectivity index (χ4n) is 9.72. The summed E-state index contributed by atoms with van der Waals surface area (Å²) in [5.74, 6) is -0.376. The van der Waals surface area contributed by atoms with Crippen molar-refractivity contribution in [1.82, 2.24) is 19.6 Å². The van der Waals surface area contributed by atoms with Gasteiger partial charge in [0.15, 0.2) is 0 Å². The van der Waals surface area contributed by atoms with Crippen LogP contribution in [0.2, 0.25) is 0 Å². The quantitative estimate of drug-likeness (QED) is 0.0567. The smallest absolute Gasteiger partial charge is 0.293 e. The maximum absolute atomic E-state index is 14.0. The van der Waals surface area contributed by atoms with Crippen LogP contribution in [0.15, 0.2) is 107 Å². The number of rotatable bonds is 15. The minimum atomic E-state index is -4.61. The first-order valence-electron chi connectivity index (χ1n) is 23.6. The highest BCUT2D eigenvalue weighted by Gasteiger charge is 2.32. The number of aliphatic hydroxyl groups is 1. The molecule has 0 spiro atoms. The highest BCUT2D eigenvalue weighted by Crippen LogP contribution is 2.46. The van der Waals surface area contributed by atoms with E-state index in [2.05, 4.69) is 55.1 Å². The highest BCUT2D eigenvalue weighted by molar-refractivity contribution is 7.90. The number of aromatic nitrogens is 2. The van der Waals surface area contributed by atoms with Gasteiger partial charge in [0.05, 0.1) is 27.2 Å². The normalized spacial score (nSPS) is 19.9. The van der Waals surface area contributed by atoms with E-state index in [1.165, 1.54) is 52.6 Å². The molecule has 0 radical (unpaired) electrons. The number of nitro groups is 1. The second-order valence-corrected chi connectivity index (χ2v) is 22.5. The van der Waals surface area contributed by atoms with Gasteiger partial charge in [-0.2, -0.15) is 0 Å². The average Bonchev–Trinajstić information content (AvgIpc) is 4.02. The number of H-pyrrole nitrogens is 1. The van der Waals surface area contributed by atoms with E-state index in [1.807, 2.05) is 6.07 Å². The molecule has 0 unspecified atom stereocenters. The molecule has 3 aromatic heterocycles. The van der Waals surface area contributed by atoms with E-state index in [0.717, 1.165) is 80.0 Å². The fraction of sp³-hybridized carbons (Fsp3) is 0.385. The van der Waals surface area contributed by atoms with Crippen LogP contribution < -0.4 is 19.7 Å². The second kappa shape index (κ2) is 19.9. The first-order valence-corrected chi connectivity index (χ1v) is 26.0. The lowest BCUT2D eigenvalue weighted by atomic mass is 9.73. The van der Waals surface area contributed by atoms with Crippen molar-refractivity contribution in [1.29, 1.82) is 0 Å². The van der Waals surface area contributed by atoms with Crippen LogP contribution in [0.1, 0.15) is 92.9 Å². The van der Waals surface area contributed by atoms with Crippen LogP contribution in [-0.2, 0) is 10.0 Å². The summed E-state index contributed by atoms with van der Waals surface area (Å²) in [5, 5.41) is 28.5. The molecule has 368 valence electrons. The molecule has 4 heterocycles. The van der Waals surface area contributed by atoms with Crippen molar-refractivity contribution in [2.75, 3.05) is 49.5 Å². The molecule has 3 aromatic carbocycles. The SMILES string of the molecule is CC1(C)CCC(CN2CCN(c3ccc(C(=O)NS(=O)(=O)c4ccc(NCC5CCC(C)(O)CC5)c([N+](=O)[O-])c4)c(Oc4cnc5[nH]ccc5c4)c3)CC2)=C(c2cc(-c3ccc(C(F)F)cc3)cs2)C1. The second-order valence-electron chi connectivity index (χ2n) is 19.9. The summed E-state index contributed by atoms with van der Waals surface area (Å²) in [7, 11) is -4.61. The summed E-state index contributed by atoms with van der Waals surface area (Å²) in [6.07, 6.45) is 6.49. The maximum Gasteiger partial charge on any atom is 0.293 e. The van der Waals surface area contributed by atoms with Crippen molar-refractivity contribution in [3.05, 3.63) is 128 Å². The lowest BCUT2D eigenvalue weighted by Crippen LogP contribution is -2.47. The summed E-state index contributed by atoms with van der Waals surface area (Å²) in [4.78, 5) is 38.4. The molecule has 14 nitrogen and oxygen atoms in total. The molecule has 6 aromatic rings. The number of allylic oxidation sites excluding steroid dienone is 1. The minimum Gasteiger partial charge on any atom is -0.455 e. The third-order valence-electron chi connectivity index (χ3n) is 14.0. The first kappa shape index (κ1) is 48.8. The Morgan fingerprint density at radius 2 is 1.74 bits per heavy atom. The number of pyridine rings is 1. The molecule has 4 N–H and O–H groups in total. The number of thiophene rings is 1. The van der Waals surface area contributed by atoms with Gasteiger partial charge < -0.3 is 25.0 Å². The molecule has 9 rings (SSSR count). The van der Waals surface area contributed by atoms with Gasteiger partial charge in [0.25, 0.3) is 28.0 Å². The zero-order valence-electron chi connectivity index (χ0n) is 39.3. The molecule has 70 heavy (non-hydrogen) atoms. The Morgan fingerprint density at radius 1 is 0.986 bits per heavy atom. The van der Waals surface area contributed by atoms with Gasteiger partial charge in [-0.15, -0.1) is 11.3 Å². The van der Waals surface area contributed by atoms with Crippen molar-refractivity contribution < 1.29 is 36.8 Å². The van der Waals surface area contributed by atoms with Gasteiger partial charge in [0.1, 0.15) is 22.8 Å². The molecule has 1 saturated carbocycles. The number of ether oxygens (including phenoxy) is 1. The molecule has 2 aliphatic carbocycles. The molecular formula is C52H57F2N7O7S2. The Morgan fingerprint density at radius 3 is 2.47 bits per heavy atom. The lowest BCUT2D eigenvalue weighted by Gasteiger charge is -2.39. The Balaban J connectivity index is 0.910. The van der Waals surface area contributed by atoms with E-state index in [1.54, 1.807) is 54.8 Å². The number of amides is 1. The number of carbonyl (C=O) groups is 1. The van der Waals surface area contributed by atoms with Crippen LogP contribution in [0.4, 0.5) is 25.8 Å². The number of hydrogen-bond donors (Lipinski definition) is 4. The highest BCUT2D eigenvalue weighted by atomic mass is 32.2. The van der Waals surface area contributed by atoms with Crippen LogP contribution in [0.3, 0.4) is 0 Å². The molecular weight excluding hydrogens is 937 g/mol. The number of hydrogen-bond acceptors (Lipinski definition) is 12. The summed E-state index contributed by atoms with van der Waals surface area (Å²) in [6.45, 7) is 10.5. The van der Waals surface area contributed by atoms with Crippen molar-refractivity contribution in [3.63, 3.8) is 0 Å². The summed E-state index contributed by atoms with van der Waals surface area (Å²) in [6, 6.07) is 20.8. The zero-order chi connectivity index (χ0) is 49.4. The van der Waals surface area contributed by atoms with Gasteiger partial charge in [-0.3, -0.25) is 19.8 Å². The van der Waals surface area contributed by atoms with E-state index < -0.39 is 43.5 Å². The lowest BCUT2D eigenvalue weighted by molar-refractivity contribution is -0.384. The Hall–Kier alpha value is -6.21. The topological polar surface area (TPSA) is 183 Å². The van der Waals surface area contributed by atoms with Crippen LogP contribution in [0.5, 0.6) is 11.5 Å². The molecule has 0 atom stereocenters. The number of alkyl halides is 2. The standard InChI is InChI=1S/C52H57F2N7O7S2/c1-51(2)16-14-37(43(28-51)47-25-38(32-69-47)34-4-6-35(7-5-34)48(53)54)31-59-20-22-60(23-21-59)39-8-10-42(46(26-39)68-40-24-36-15-19-55-49(36)57-30-40)50(62)58-70(66,67)41-9-11-44(45(27-41)61(64)65)56-29-33-12-17-52(3,63)18-13-33/h4-11,15,19,24-27,30,32-33,48,56,63H,12-14,16-18,20-23,28-29,31H2,1-3H3,(H,55,57)(H,58,62). The average molecular weight is 994 g/mol. The Kier molecular flexibility index (Phi) is 13.9. The van der Waals surface area contributed by atoms with Gasteiger partial charge >= 0.3 is 0 Å². The number of nitrogens with zero attached hydrogens (tertiary/aromatic N) is 4. The number of anilines is 2. The third kappa shape index (κ3) is 11.2. The Labute approximate surface area is 410 Å². The molecule has 1 aliphatic heterocycles. The van der Waals surface area contributed by atoms with Crippen molar-refractivity contribution >= 4 is 60.9 Å². The monoisotopic (exact) mass is 993 g/mol. The molecule has 3 aliphatic rings. The van der Waals surface area contributed by atoms with E-state index >= 15 is 0 Å². The predicted octanol–water partition coefficient (Wildman–Crippen LogP) is 11.2. The molecule has 1 saturated heterocycles. The first-order chi connectivity index (χ1) is 33.4. The molecule has 1 amide bonds. The van der Waals surface area contributed by atoms with Crippen molar-refractivity contribution in [2.45, 2.75) is 82.6 Å². The van der Waals surface area contributed by atoms with E-state index in [0.29, 0.717) is 43.9 Å². The number of sulfonamides is 1. The van der Waals surface area contributed by atoms with E-state index in [-0.39, 0.29) is 33.9 Å². The third-order valence-corrected chi connectivity index (χ3v) is 16.3. The van der Waals surface area contributed by atoms with Gasteiger partial charge in [-0.05, 0) is 128 Å². The number of aromatic amines is 1. The fourth-order valence-corrected chi connectivity index (χ4v) is 11.7.